The Labute approximate surface area is 113 Å². The van der Waals surface area contributed by atoms with Gasteiger partial charge in [0.1, 0.15) is 0 Å². The number of nitrogens with one attached hydrogen (secondary N) is 1. The van der Waals surface area contributed by atoms with Gasteiger partial charge in [0.2, 0.25) is 0 Å². The van der Waals surface area contributed by atoms with Crippen molar-refractivity contribution in [3.63, 3.8) is 0 Å². The Kier molecular flexibility index (Phi) is 4.17. The molecule has 1 saturated carbocycles. The second kappa shape index (κ2) is 5.24. The van der Waals surface area contributed by atoms with Crippen LogP contribution in [-0.2, 0) is 0 Å². The Balaban J connectivity index is 1.96. The second-order valence-electron chi connectivity index (χ2n) is 6.81. The quantitative estimate of drug-likeness (QED) is 0.852. The molecule has 2 rings (SSSR count). The summed E-state index contributed by atoms with van der Waals surface area (Å²) in [6.07, 6.45) is 0.209. The van der Waals surface area contributed by atoms with E-state index in [4.69, 9.17) is 0 Å². The smallest absolute Gasteiger partial charge is 0.309 e. The van der Waals surface area contributed by atoms with Crippen LogP contribution < -0.4 is 5.32 Å². The van der Waals surface area contributed by atoms with Gasteiger partial charge in [0.05, 0.1) is 0 Å². The van der Waals surface area contributed by atoms with Crippen molar-refractivity contribution in [1.29, 1.82) is 0 Å². The molecule has 0 aromatic carbocycles. The minimum atomic E-state index is -4.02. The SMILES string of the molecule is CC1(C)CN(CCCC(F)(F)F)C2(CCCC2)CN1. The lowest BCUT2D eigenvalue weighted by Crippen LogP contribution is -2.67. The third-order valence-corrected chi connectivity index (χ3v) is 4.58. The molecule has 0 aromatic rings. The molecule has 1 spiro atoms. The zero-order valence-corrected chi connectivity index (χ0v) is 11.9. The monoisotopic (exact) mass is 278 g/mol. The van der Waals surface area contributed by atoms with Gasteiger partial charge < -0.3 is 5.32 Å². The molecule has 112 valence electrons. The molecule has 0 atom stereocenters. The highest BCUT2D eigenvalue weighted by Crippen LogP contribution is 2.38. The molecular formula is C14H25F3N2. The Morgan fingerprint density at radius 3 is 2.37 bits per heavy atom. The topological polar surface area (TPSA) is 15.3 Å². The number of rotatable bonds is 3. The van der Waals surface area contributed by atoms with Crippen LogP contribution in [0.2, 0.25) is 0 Å². The van der Waals surface area contributed by atoms with Gasteiger partial charge >= 0.3 is 6.18 Å². The standard InChI is InChI=1S/C14H25F3N2/c1-12(2)11-19(9-5-8-14(15,16)17)13(10-18-12)6-3-4-7-13/h18H,3-11H2,1-2H3. The second-order valence-corrected chi connectivity index (χ2v) is 6.81. The van der Waals surface area contributed by atoms with Gasteiger partial charge in [-0.3, -0.25) is 4.90 Å². The molecule has 0 amide bonds. The predicted molar refractivity (Wildman–Crippen MR) is 70.1 cm³/mol. The van der Waals surface area contributed by atoms with E-state index in [0.29, 0.717) is 6.54 Å². The summed E-state index contributed by atoms with van der Waals surface area (Å²) in [6, 6.07) is 0. The van der Waals surface area contributed by atoms with Gasteiger partial charge in [0.25, 0.3) is 0 Å². The maximum Gasteiger partial charge on any atom is 0.389 e. The molecule has 1 N–H and O–H groups in total. The molecule has 19 heavy (non-hydrogen) atoms. The van der Waals surface area contributed by atoms with Crippen molar-refractivity contribution in [3.05, 3.63) is 0 Å². The number of piperazine rings is 1. The predicted octanol–water partition coefficient (Wildman–Crippen LogP) is 3.33. The van der Waals surface area contributed by atoms with Crippen LogP contribution in [0.1, 0.15) is 52.4 Å². The van der Waals surface area contributed by atoms with Crippen LogP contribution in [0, 0.1) is 0 Å². The summed E-state index contributed by atoms with van der Waals surface area (Å²) in [5.41, 5.74) is 0.132. The van der Waals surface area contributed by atoms with Crippen molar-refractivity contribution in [1.82, 2.24) is 10.2 Å². The molecule has 5 heteroatoms. The molecule has 0 unspecified atom stereocenters. The molecule has 0 radical (unpaired) electrons. The van der Waals surface area contributed by atoms with E-state index in [9.17, 15) is 13.2 Å². The Morgan fingerprint density at radius 2 is 1.79 bits per heavy atom. The molecular weight excluding hydrogens is 253 g/mol. The highest BCUT2D eigenvalue weighted by Gasteiger charge is 2.45. The summed E-state index contributed by atoms with van der Waals surface area (Å²) < 4.78 is 36.9. The first-order chi connectivity index (χ1) is 8.73. The molecule has 0 aromatic heterocycles. The number of nitrogens with zero attached hydrogens (tertiary/aromatic N) is 1. The number of hydrogen-bond acceptors (Lipinski definition) is 2. The van der Waals surface area contributed by atoms with Gasteiger partial charge in [0, 0.05) is 30.6 Å². The zero-order chi connectivity index (χ0) is 14.1. The largest absolute Gasteiger partial charge is 0.389 e. The third-order valence-electron chi connectivity index (χ3n) is 4.58. The Morgan fingerprint density at radius 1 is 1.16 bits per heavy atom. The first-order valence-corrected chi connectivity index (χ1v) is 7.29. The van der Waals surface area contributed by atoms with Crippen LogP contribution in [0.4, 0.5) is 13.2 Å². The zero-order valence-electron chi connectivity index (χ0n) is 11.9. The minimum Gasteiger partial charge on any atom is -0.309 e. The van der Waals surface area contributed by atoms with Gasteiger partial charge in [-0.15, -0.1) is 0 Å². The lowest BCUT2D eigenvalue weighted by Gasteiger charge is -2.51. The average Bonchev–Trinajstić information content (AvgIpc) is 2.71. The van der Waals surface area contributed by atoms with Gasteiger partial charge in [-0.05, 0) is 39.7 Å². The van der Waals surface area contributed by atoms with Crippen molar-refractivity contribution in [2.24, 2.45) is 0 Å². The van der Waals surface area contributed by atoms with Crippen molar-refractivity contribution in [3.8, 4) is 0 Å². The fourth-order valence-corrected chi connectivity index (χ4v) is 3.53. The van der Waals surface area contributed by atoms with E-state index in [1.54, 1.807) is 0 Å². The van der Waals surface area contributed by atoms with Gasteiger partial charge in [0.15, 0.2) is 0 Å². The van der Waals surface area contributed by atoms with E-state index in [-0.39, 0.29) is 17.5 Å². The van der Waals surface area contributed by atoms with Crippen molar-refractivity contribution >= 4 is 0 Å². The first-order valence-electron chi connectivity index (χ1n) is 7.29. The van der Waals surface area contributed by atoms with Crippen molar-refractivity contribution in [2.75, 3.05) is 19.6 Å². The van der Waals surface area contributed by atoms with E-state index in [1.165, 1.54) is 12.8 Å². The van der Waals surface area contributed by atoms with E-state index in [0.717, 1.165) is 25.9 Å². The molecule has 1 aliphatic heterocycles. The summed E-state index contributed by atoms with van der Waals surface area (Å²) in [7, 11) is 0. The van der Waals surface area contributed by atoms with Gasteiger partial charge in [-0.1, -0.05) is 12.8 Å². The van der Waals surface area contributed by atoms with Crippen LogP contribution in [0.25, 0.3) is 0 Å². The van der Waals surface area contributed by atoms with Crippen LogP contribution in [0.15, 0.2) is 0 Å². The van der Waals surface area contributed by atoms with Gasteiger partial charge in [-0.2, -0.15) is 13.2 Å². The highest BCUT2D eigenvalue weighted by molar-refractivity contribution is 5.04. The van der Waals surface area contributed by atoms with Gasteiger partial charge in [-0.25, -0.2) is 0 Å². The summed E-state index contributed by atoms with van der Waals surface area (Å²) in [5, 5.41) is 3.56. The van der Waals surface area contributed by atoms with Crippen molar-refractivity contribution in [2.45, 2.75) is 69.6 Å². The molecule has 0 bridgehead atoms. The summed E-state index contributed by atoms with van der Waals surface area (Å²) in [6.45, 7) is 6.61. The number of hydrogen-bond donors (Lipinski definition) is 1. The van der Waals surface area contributed by atoms with Crippen LogP contribution in [0.5, 0.6) is 0 Å². The number of halogens is 3. The molecule has 2 aliphatic rings. The summed E-state index contributed by atoms with van der Waals surface area (Å²) >= 11 is 0. The first kappa shape index (κ1) is 15.1. The van der Waals surface area contributed by atoms with E-state index in [2.05, 4.69) is 24.1 Å². The molecule has 1 saturated heterocycles. The molecule has 2 nitrogen and oxygen atoms in total. The lowest BCUT2D eigenvalue weighted by molar-refractivity contribution is -0.137. The molecule has 1 heterocycles. The number of alkyl halides is 3. The lowest BCUT2D eigenvalue weighted by atomic mass is 9.87. The van der Waals surface area contributed by atoms with Crippen LogP contribution >= 0.6 is 0 Å². The molecule has 2 fully saturated rings. The van der Waals surface area contributed by atoms with Crippen LogP contribution in [-0.4, -0.2) is 41.8 Å². The normalized spacial score (nSPS) is 27.0. The molecule has 1 aliphatic carbocycles. The van der Waals surface area contributed by atoms with Crippen molar-refractivity contribution < 1.29 is 13.2 Å². The van der Waals surface area contributed by atoms with E-state index in [1.807, 2.05) is 0 Å². The maximum absolute atomic E-state index is 12.3. The average molecular weight is 278 g/mol. The summed E-state index contributed by atoms with van der Waals surface area (Å²) in [4.78, 5) is 2.34. The summed E-state index contributed by atoms with van der Waals surface area (Å²) in [5.74, 6) is 0. The maximum atomic E-state index is 12.3. The van der Waals surface area contributed by atoms with E-state index >= 15 is 0 Å². The Bertz CT molecular complexity index is 306. The minimum absolute atomic E-state index is 0.00602. The van der Waals surface area contributed by atoms with E-state index < -0.39 is 12.6 Å². The van der Waals surface area contributed by atoms with Crippen LogP contribution in [0.3, 0.4) is 0 Å². The third kappa shape index (κ3) is 3.85. The Hall–Kier alpha value is -0.290. The fraction of sp³-hybridized carbons (Fsp3) is 1.00. The fourth-order valence-electron chi connectivity index (χ4n) is 3.53. The highest BCUT2D eigenvalue weighted by atomic mass is 19.4.